The summed E-state index contributed by atoms with van der Waals surface area (Å²) in [5.74, 6) is 0.920. The van der Waals surface area contributed by atoms with Gasteiger partial charge in [0.25, 0.3) is 0 Å². The van der Waals surface area contributed by atoms with Crippen molar-refractivity contribution in [1.29, 1.82) is 0 Å². The van der Waals surface area contributed by atoms with Crippen LogP contribution in [0.3, 0.4) is 0 Å². The predicted octanol–water partition coefficient (Wildman–Crippen LogP) is 1.88. The van der Waals surface area contributed by atoms with E-state index >= 15 is 0 Å². The molecular formula is C14H28N2O. The lowest BCUT2D eigenvalue weighted by Gasteiger charge is -2.34. The number of nitrogens with one attached hydrogen (secondary N) is 1. The molecule has 3 nitrogen and oxygen atoms in total. The van der Waals surface area contributed by atoms with E-state index in [1.54, 1.807) is 0 Å². The van der Waals surface area contributed by atoms with Gasteiger partial charge in [0.1, 0.15) is 0 Å². The third kappa shape index (κ3) is 4.23. The van der Waals surface area contributed by atoms with E-state index < -0.39 is 0 Å². The van der Waals surface area contributed by atoms with Gasteiger partial charge in [0.05, 0.1) is 13.2 Å². The van der Waals surface area contributed by atoms with Gasteiger partial charge in [-0.05, 0) is 25.7 Å². The van der Waals surface area contributed by atoms with Gasteiger partial charge in [-0.25, -0.2) is 0 Å². The van der Waals surface area contributed by atoms with Gasteiger partial charge in [0.2, 0.25) is 0 Å². The maximum atomic E-state index is 5.46. The lowest BCUT2D eigenvalue weighted by molar-refractivity contribution is -0.0000193. The zero-order valence-corrected chi connectivity index (χ0v) is 11.5. The van der Waals surface area contributed by atoms with E-state index in [1.165, 1.54) is 32.2 Å². The normalized spacial score (nSPS) is 36.0. The van der Waals surface area contributed by atoms with Crippen molar-refractivity contribution in [2.45, 2.75) is 51.6 Å². The van der Waals surface area contributed by atoms with Gasteiger partial charge in [-0.3, -0.25) is 4.90 Å². The van der Waals surface area contributed by atoms with E-state index in [1.807, 2.05) is 0 Å². The molecule has 3 unspecified atom stereocenters. The maximum absolute atomic E-state index is 5.46. The molecule has 2 aliphatic rings. The van der Waals surface area contributed by atoms with E-state index in [-0.39, 0.29) is 0 Å². The Morgan fingerprint density at radius 2 is 2.18 bits per heavy atom. The Kier molecular flexibility index (Phi) is 5.26. The summed E-state index contributed by atoms with van der Waals surface area (Å²) >= 11 is 0. The van der Waals surface area contributed by atoms with Crippen LogP contribution in [0, 0.1) is 5.92 Å². The molecule has 1 saturated carbocycles. The fourth-order valence-electron chi connectivity index (χ4n) is 3.13. The molecule has 1 heterocycles. The SMILES string of the molecule is CC1CCCC(NCCN2CCOCC2C)C1. The van der Waals surface area contributed by atoms with Gasteiger partial charge in [0.15, 0.2) is 0 Å². The molecule has 1 saturated heterocycles. The molecule has 0 aromatic heterocycles. The monoisotopic (exact) mass is 240 g/mol. The summed E-state index contributed by atoms with van der Waals surface area (Å²) in [4.78, 5) is 2.54. The Hall–Kier alpha value is -0.120. The van der Waals surface area contributed by atoms with Gasteiger partial charge >= 0.3 is 0 Å². The molecule has 1 aliphatic carbocycles. The minimum Gasteiger partial charge on any atom is -0.379 e. The first-order valence-electron chi connectivity index (χ1n) is 7.31. The second-order valence-corrected chi connectivity index (χ2v) is 5.88. The second-order valence-electron chi connectivity index (χ2n) is 5.88. The smallest absolute Gasteiger partial charge is 0.0619 e. The van der Waals surface area contributed by atoms with Crippen molar-refractivity contribution in [3.63, 3.8) is 0 Å². The quantitative estimate of drug-likeness (QED) is 0.812. The second kappa shape index (κ2) is 6.72. The van der Waals surface area contributed by atoms with Crippen molar-refractivity contribution >= 4 is 0 Å². The van der Waals surface area contributed by atoms with Crippen LogP contribution >= 0.6 is 0 Å². The molecule has 0 amide bonds. The highest BCUT2D eigenvalue weighted by atomic mass is 16.5. The standard InChI is InChI=1S/C14H28N2O/c1-12-4-3-5-14(10-12)15-6-7-16-8-9-17-11-13(16)2/h12-15H,3-11H2,1-2H3. The number of hydrogen-bond donors (Lipinski definition) is 1. The molecule has 17 heavy (non-hydrogen) atoms. The number of ether oxygens (including phenoxy) is 1. The first-order chi connectivity index (χ1) is 8.25. The van der Waals surface area contributed by atoms with Crippen molar-refractivity contribution in [3.8, 4) is 0 Å². The number of nitrogens with zero attached hydrogens (tertiary/aromatic N) is 1. The summed E-state index contributed by atoms with van der Waals surface area (Å²) in [6, 6.07) is 1.37. The highest BCUT2D eigenvalue weighted by Crippen LogP contribution is 2.23. The number of morpholine rings is 1. The Labute approximate surface area is 106 Å². The Bertz CT molecular complexity index is 222. The van der Waals surface area contributed by atoms with E-state index in [4.69, 9.17) is 4.74 Å². The van der Waals surface area contributed by atoms with E-state index in [0.717, 1.165) is 38.3 Å². The average Bonchev–Trinajstić information content (AvgIpc) is 2.32. The van der Waals surface area contributed by atoms with Gasteiger partial charge in [-0.2, -0.15) is 0 Å². The average molecular weight is 240 g/mol. The van der Waals surface area contributed by atoms with Gasteiger partial charge in [-0.15, -0.1) is 0 Å². The lowest BCUT2D eigenvalue weighted by Crippen LogP contribution is -2.47. The molecule has 0 bridgehead atoms. The third-order valence-corrected chi connectivity index (χ3v) is 4.27. The first kappa shape index (κ1) is 13.3. The summed E-state index contributed by atoms with van der Waals surface area (Å²) in [6.07, 6.45) is 5.59. The molecule has 2 rings (SSSR count). The van der Waals surface area contributed by atoms with Crippen LogP contribution in [-0.2, 0) is 4.74 Å². The molecule has 0 spiro atoms. The topological polar surface area (TPSA) is 24.5 Å². The highest BCUT2D eigenvalue weighted by molar-refractivity contribution is 4.77. The van der Waals surface area contributed by atoms with Crippen molar-refractivity contribution < 1.29 is 4.74 Å². The molecule has 3 atom stereocenters. The number of rotatable bonds is 4. The lowest BCUT2D eigenvalue weighted by atomic mass is 9.87. The van der Waals surface area contributed by atoms with Crippen LogP contribution in [0.2, 0.25) is 0 Å². The molecule has 0 aromatic rings. The maximum Gasteiger partial charge on any atom is 0.0619 e. The Morgan fingerprint density at radius 1 is 1.29 bits per heavy atom. The summed E-state index contributed by atoms with van der Waals surface area (Å²) in [5, 5.41) is 3.74. The van der Waals surface area contributed by atoms with Crippen LogP contribution in [0.5, 0.6) is 0 Å². The van der Waals surface area contributed by atoms with Crippen molar-refractivity contribution in [2.75, 3.05) is 32.8 Å². The molecule has 1 aliphatic heterocycles. The van der Waals surface area contributed by atoms with E-state index in [2.05, 4.69) is 24.1 Å². The van der Waals surface area contributed by atoms with Crippen LogP contribution in [-0.4, -0.2) is 49.8 Å². The zero-order chi connectivity index (χ0) is 12.1. The fraction of sp³-hybridized carbons (Fsp3) is 1.00. The predicted molar refractivity (Wildman–Crippen MR) is 71.3 cm³/mol. The van der Waals surface area contributed by atoms with Gasteiger partial charge < -0.3 is 10.1 Å². The zero-order valence-electron chi connectivity index (χ0n) is 11.5. The Balaban J connectivity index is 1.61. The molecule has 100 valence electrons. The third-order valence-electron chi connectivity index (χ3n) is 4.27. The largest absolute Gasteiger partial charge is 0.379 e. The summed E-state index contributed by atoms with van der Waals surface area (Å²) in [6.45, 7) is 9.88. The summed E-state index contributed by atoms with van der Waals surface area (Å²) in [5.41, 5.74) is 0. The molecular weight excluding hydrogens is 212 g/mol. The molecule has 2 fully saturated rings. The first-order valence-corrected chi connectivity index (χ1v) is 7.31. The minimum atomic E-state index is 0.593. The number of hydrogen-bond acceptors (Lipinski definition) is 3. The van der Waals surface area contributed by atoms with Gasteiger partial charge in [0, 0.05) is 31.7 Å². The highest BCUT2D eigenvalue weighted by Gasteiger charge is 2.20. The van der Waals surface area contributed by atoms with Crippen LogP contribution < -0.4 is 5.32 Å². The van der Waals surface area contributed by atoms with Gasteiger partial charge in [-0.1, -0.05) is 19.8 Å². The van der Waals surface area contributed by atoms with Crippen molar-refractivity contribution in [1.82, 2.24) is 10.2 Å². The van der Waals surface area contributed by atoms with Crippen LogP contribution in [0.15, 0.2) is 0 Å². The van der Waals surface area contributed by atoms with Crippen LogP contribution in [0.4, 0.5) is 0 Å². The van der Waals surface area contributed by atoms with Crippen LogP contribution in [0.1, 0.15) is 39.5 Å². The van der Waals surface area contributed by atoms with E-state index in [0.29, 0.717) is 6.04 Å². The molecule has 3 heteroatoms. The minimum absolute atomic E-state index is 0.593. The molecule has 0 radical (unpaired) electrons. The Morgan fingerprint density at radius 3 is 2.94 bits per heavy atom. The van der Waals surface area contributed by atoms with Crippen molar-refractivity contribution in [2.24, 2.45) is 5.92 Å². The van der Waals surface area contributed by atoms with Crippen molar-refractivity contribution in [3.05, 3.63) is 0 Å². The molecule has 1 N–H and O–H groups in total. The molecule has 0 aromatic carbocycles. The van der Waals surface area contributed by atoms with E-state index in [9.17, 15) is 0 Å². The summed E-state index contributed by atoms with van der Waals surface area (Å²) < 4.78 is 5.46. The summed E-state index contributed by atoms with van der Waals surface area (Å²) in [7, 11) is 0. The van der Waals surface area contributed by atoms with Crippen LogP contribution in [0.25, 0.3) is 0 Å². The fourth-order valence-corrected chi connectivity index (χ4v) is 3.13.